The van der Waals surface area contributed by atoms with Gasteiger partial charge in [-0.3, -0.25) is 0 Å². The zero-order valence-electron chi connectivity index (χ0n) is 11.6. The quantitative estimate of drug-likeness (QED) is 0.543. The van der Waals surface area contributed by atoms with Crippen molar-refractivity contribution < 1.29 is 0 Å². The number of rotatable bonds is 8. The van der Waals surface area contributed by atoms with E-state index in [1.54, 1.807) is 0 Å². The molecule has 0 atom stereocenters. The maximum atomic E-state index is 2.57. The average Bonchev–Trinajstić information content (AvgIpc) is 2.14. The zero-order valence-corrected chi connectivity index (χ0v) is 11.6. The van der Waals surface area contributed by atoms with Gasteiger partial charge in [-0.05, 0) is 44.3 Å². The third-order valence-corrected chi connectivity index (χ3v) is 2.89. The Bertz CT molecular complexity index is 135. The van der Waals surface area contributed by atoms with Gasteiger partial charge in [0.15, 0.2) is 0 Å². The van der Waals surface area contributed by atoms with Crippen LogP contribution in [0.25, 0.3) is 0 Å². The molecule has 0 rings (SSSR count). The molecule has 0 saturated carbocycles. The molecule has 0 bridgehead atoms. The van der Waals surface area contributed by atoms with E-state index in [0.29, 0.717) is 5.41 Å². The lowest BCUT2D eigenvalue weighted by atomic mass is 9.89. The smallest absolute Gasteiger partial charge is 0.00189 e. The standard InChI is InChI=1S/C14H31N/c1-6-12-15(7-2)13-10-8-9-11-14(3,4)5/h6-13H2,1-5H3. The van der Waals surface area contributed by atoms with Crippen LogP contribution in [0, 0.1) is 5.41 Å². The number of hydrogen-bond acceptors (Lipinski definition) is 1. The topological polar surface area (TPSA) is 3.24 Å². The van der Waals surface area contributed by atoms with Crippen LogP contribution >= 0.6 is 0 Å². The molecule has 1 heteroatoms. The van der Waals surface area contributed by atoms with Crippen molar-refractivity contribution >= 4 is 0 Å². The van der Waals surface area contributed by atoms with Gasteiger partial charge in [-0.15, -0.1) is 0 Å². The van der Waals surface area contributed by atoms with Crippen LogP contribution in [0.5, 0.6) is 0 Å². The van der Waals surface area contributed by atoms with Crippen LogP contribution in [0.2, 0.25) is 0 Å². The van der Waals surface area contributed by atoms with E-state index in [4.69, 9.17) is 0 Å². The van der Waals surface area contributed by atoms with Crippen molar-refractivity contribution in [3.63, 3.8) is 0 Å². The van der Waals surface area contributed by atoms with Crippen molar-refractivity contribution in [2.24, 2.45) is 5.41 Å². The van der Waals surface area contributed by atoms with Crippen molar-refractivity contribution in [3.05, 3.63) is 0 Å². The van der Waals surface area contributed by atoms with Gasteiger partial charge in [0.1, 0.15) is 0 Å². The Hall–Kier alpha value is -0.0400. The summed E-state index contributed by atoms with van der Waals surface area (Å²) in [6, 6.07) is 0. The molecule has 1 nitrogen and oxygen atoms in total. The number of unbranched alkanes of at least 4 members (excludes halogenated alkanes) is 2. The highest BCUT2D eigenvalue weighted by Gasteiger charge is 2.09. The Morgan fingerprint density at radius 1 is 0.867 bits per heavy atom. The van der Waals surface area contributed by atoms with E-state index in [1.807, 2.05) is 0 Å². The molecule has 0 aliphatic heterocycles. The third-order valence-electron chi connectivity index (χ3n) is 2.89. The largest absolute Gasteiger partial charge is 0.304 e. The Labute approximate surface area is 97.2 Å². The maximum Gasteiger partial charge on any atom is -0.00189 e. The van der Waals surface area contributed by atoms with Crippen LogP contribution in [0.15, 0.2) is 0 Å². The van der Waals surface area contributed by atoms with E-state index in [-0.39, 0.29) is 0 Å². The minimum atomic E-state index is 0.522. The van der Waals surface area contributed by atoms with Gasteiger partial charge in [-0.2, -0.15) is 0 Å². The monoisotopic (exact) mass is 213 g/mol. The average molecular weight is 213 g/mol. The molecule has 0 aliphatic rings. The molecule has 0 aliphatic carbocycles. The van der Waals surface area contributed by atoms with Gasteiger partial charge in [0.25, 0.3) is 0 Å². The molecule has 0 aromatic rings. The third kappa shape index (κ3) is 10.2. The van der Waals surface area contributed by atoms with E-state index in [0.717, 1.165) is 0 Å². The molecular formula is C14H31N. The molecule has 0 unspecified atom stereocenters. The normalized spacial score (nSPS) is 12.4. The second-order valence-electron chi connectivity index (χ2n) is 5.81. The predicted octanol–water partition coefficient (Wildman–Crippen LogP) is 4.32. The Balaban J connectivity index is 3.36. The molecule has 0 radical (unpaired) electrons. The van der Waals surface area contributed by atoms with Crippen LogP contribution in [-0.4, -0.2) is 24.5 Å². The minimum absolute atomic E-state index is 0.522. The molecule has 0 fully saturated rings. The summed E-state index contributed by atoms with van der Waals surface area (Å²) in [5, 5.41) is 0. The summed E-state index contributed by atoms with van der Waals surface area (Å²) in [6.07, 6.45) is 6.83. The van der Waals surface area contributed by atoms with Crippen LogP contribution in [0.3, 0.4) is 0 Å². The summed E-state index contributed by atoms with van der Waals surface area (Å²) < 4.78 is 0. The van der Waals surface area contributed by atoms with Crippen molar-refractivity contribution in [3.8, 4) is 0 Å². The summed E-state index contributed by atoms with van der Waals surface area (Å²) in [6.45, 7) is 15.3. The first-order valence-electron chi connectivity index (χ1n) is 6.72. The molecule has 0 N–H and O–H groups in total. The van der Waals surface area contributed by atoms with Crippen LogP contribution in [-0.2, 0) is 0 Å². The molecule has 0 amide bonds. The van der Waals surface area contributed by atoms with Crippen molar-refractivity contribution in [1.82, 2.24) is 4.90 Å². The fourth-order valence-corrected chi connectivity index (χ4v) is 1.91. The van der Waals surface area contributed by atoms with E-state index >= 15 is 0 Å². The van der Waals surface area contributed by atoms with E-state index in [1.165, 1.54) is 51.7 Å². The molecule has 0 spiro atoms. The molecule has 0 saturated heterocycles. The van der Waals surface area contributed by atoms with Gasteiger partial charge < -0.3 is 4.90 Å². The van der Waals surface area contributed by atoms with Gasteiger partial charge in [-0.25, -0.2) is 0 Å². The highest BCUT2D eigenvalue weighted by atomic mass is 15.1. The number of nitrogens with zero attached hydrogens (tertiary/aromatic N) is 1. The fourth-order valence-electron chi connectivity index (χ4n) is 1.91. The Kier molecular flexibility index (Phi) is 8.13. The van der Waals surface area contributed by atoms with Crippen molar-refractivity contribution in [2.45, 2.75) is 66.7 Å². The van der Waals surface area contributed by atoms with Gasteiger partial charge in [-0.1, -0.05) is 47.5 Å². The fraction of sp³-hybridized carbons (Fsp3) is 1.00. The highest BCUT2D eigenvalue weighted by Crippen LogP contribution is 2.21. The van der Waals surface area contributed by atoms with Gasteiger partial charge in [0.2, 0.25) is 0 Å². The Morgan fingerprint density at radius 3 is 2.00 bits per heavy atom. The summed E-state index contributed by atoms with van der Waals surface area (Å²) >= 11 is 0. The molecular weight excluding hydrogens is 182 g/mol. The molecule has 0 aromatic carbocycles. The molecule has 0 heterocycles. The van der Waals surface area contributed by atoms with E-state index in [9.17, 15) is 0 Å². The summed E-state index contributed by atoms with van der Waals surface area (Å²) in [7, 11) is 0. The van der Waals surface area contributed by atoms with Gasteiger partial charge in [0, 0.05) is 0 Å². The lowest BCUT2D eigenvalue weighted by molar-refractivity contribution is 0.276. The van der Waals surface area contributed by atoms with Gasteiger partial charge >= 0.3 is 0 Å². The lowest BCUT2D eigenvalue weighted by Gasteiger charge is -2.20. The molecule has 92 valence electrons. The van der Waals surface area contributed by atoms with E-state index < -0.39 is 0 Å². The Morgan fingerprint density at radius 2 is 1.53 bits per heavy atom. The van der Waals surface area contributed by atoms with Crippen LogP contribution < -0.4 is 0 Å². The first-order valence-corrected chi connectivity index (χ1v) is 6.72. The first-order chi connectivity index (χ1) is 6.99. The van der Waals surface area contributed by atoms with Crippen molar-refractivity contribution in [2.75, 3.05) is 19.6 Å². The van der Waals surface area contributed by atoms with Crippen LogP contribution in [0.4, 0.5) is 0 Å². The van der Waals surface area contributed by atoms with Crippen LogP contribution in [0.1, 0.15) is 66.7 Å². The summed E-state index contributed by atoms with van der Waals surface area (Å²) in [5.41, 5.74) is 0.522. The highest BCUT2D eigenvalue weighted by molar-refractivity contribution is 4.62. The van der Waals surface area contributed by atoms with E-state index in [2.05, 4.69) is 39.5 Å². The zero-order chi connectivity index (χ0) is 11.7. The summed E-state index contributed by atoms with van der Waals surface area (Å²) in [5.74, 6) is 0. The minimum Gasteiger partial charge on any atom is -0.304 e. The van der Waals surface area contributed by atoms with Crippen molar-refractivity contribution in [1.29, 1.82) is 0 Å². The predicted molar refractivity (Wildman–Crippen MR) is 70.3 cm³/mol. The second-order valence-corrected chi connectivity index (χ2v) is 5.81. The molecule has 0 aromatic heterocycles. The second kappa shape index (κ2) is 8.15. The maximum absolute atomic E-state index is 2.57. The first kappa shape index (κ1) is 15.0. The molecule has 15 heavy (non-hydrogen) atoms. The summed E-state index contributed by atoms with van der Waals surface area (Å²) in [4.78, 5) is 2.57. The lowest BCUT2D eigenvalue weighted by Crippen LogP contribution is -2.25. The van der Waals surface area contributed by atoms with Gasteiger partial charge in [0.05, 0.1) is 0 Å². The SMILES string of the molecule is CCCN(CC)CCCCCC(C)(C)C. The number of hydrogen-bond donors (Lipinski definition) is 0.